The van der Waals surface area contributed by atoms with Crippen molar-refractivity contribution >= 4 is 43.6 Å². The number of carbonyl (C=O) groups is 1. The number of imidazole rings is 1. The van der Waals surface area contributed by atoms with E-state index in [0.717, 1.165) is 75.7 Å². The Morgan fingerprint density at radius 2 is 1.69 bits per heavy atom. The summed E-state index contributed by atoms with van der Waals surface area (Å²) >= 11 is 0. The Hall–Kier alpha value is -5.22. The lowest BCUT2D eigenvalue weighted by atomic mass is 9.78. The summed E-state index contributed by atoms with van der Waals surface area (Å²) in [5.41, 5.74) is 6.90. The molecule has 0 spiro atoms. The molecule has 244 valence electrons. The molecule has 9 nitrogen and oxygen atoms in total. The van der Waals surface area contributed by atoms with Crippen molar-refractivity contribution in [1.82, 2.24) is 14.5 Å². The Morgan fingerprint density at radius 3 is 2.50 bits per heavy atom. The van der Waals surface area contributed by atoms with E-state index in [1.165, 1.54) is 0 Å². The molecule has 0 radical (unpaired) electrons. The van der Waals surface area contributed by atoms with Gasteiger partial charge in [-0.15, -0.1) is 0 Å². The van der Waals surface area contributed by atoms with Crippen LogP contribution in [0.1, 0.15) is 48.7 Å². The Morgan fingerprint density at radius 1 is 0.875 bits per heavy atom. The first kappa shape index (κ1) is 31.4. The fraction of sp³-hybridized carbons (Fsp3) is 0.237. The number of hydrogen-bond donors (Lipinski definition) is 2. The summed E-state index contributed by atoms with van der Waals surface area (Å²) in [6, 6.07) is 33.3. The highest BCUT2D eigenvalue weighted by Gasteiger charge is 2.35. The largest absolute Gasteiger partial charge is 0.487 e. The Labute approximate surface area is 279 Å². The molecule has 2 atom stereocenters. The van der Waals surface area contributed by atoms with Gasteiger partial charge in [-0.05, 0) is 72.0 Å². The lowest BCUT2D eigenvalue weighted by Gasteiger charge is -2.28. The van der Waals surface area contributed by atoms with Gasteiger partial charge in [0, 0.05) is 29.6 Å². The highest BCUT2D eigenvalue weighted by atomic mass is 32.2. The van der Waals surface area contributed by atoms with Crippen molar-refractivity contribution < 1.29 is 23.1 Å². The van der Waals surface area contributed by atoms with Crippen molar-refractivity contribution in [3.63, 3.8) is 0 Å². The van der Waals surface area contributed by atoms with Crippen LogP contribution < -0.4 is 9.46 Å². The number of sulfonamides is 1. The van der Waals surface area contributed by atoms with Gasteiger partial charge in [0.05, 0.1) is 34.4 Å². The second kappa shape index (κ2) is 13.1. The fourth-order valence-corrected chi connectivity index (χ4v) is 7.29. The normalized spacial score (nSPS) is 16.6. The Balaban J connectivity index is 1.20. The first-order valence-electron chi connectivity index (χ1n) is 16.1. The van der Waals surface area contributed by atoms with E-state index >= 15 is 0 Å². The van der Waals surface area contributed by atoms with Crippen LogP contribution >= 0.6 is 0 Å². The summed E-state index contributed by atoms with van der Waals surface area (Å²) in [5, 5.41) is 11.2. The molecule has 0 amide bonds. The van der Waals surface area contributed by atoms with Crippen LogP contribution in [0.3, 0.4) is 0 Å². The summed E-state index contributed by atoms with van der Waals surface area (Å²) in [7, 11) is -3.36. The molecule has 1 aliphatic carbocycles. The fourth-order valence-electron chi connectivity index (χ4n) is 6.73. The summed E-state index contributed by atoms with van der Waals surface area (Å²) < 4.78 is 34.1. The lowest BCUT2D eigenvalue weighted by molar-refractivity contribution is -0.143. The van der Waals surface area contributed by atoms with Crippen molar-refractivity contribution in [1.29, 1.82) is 0 Å². The molecule has 1 aliphatic rings. The van der Waals surface area contributed by atoms with Crippen molar-refractivity contribution in [2.24, 2.45) is 5.92 Å². The van der Waals surface area contributed by atoms with Crippen LogP contribution in [0.4, 0.5) is 5.69 Å². The van der Waals surface area contributed by atoms with Crippen LogP contribution in [-0.2, 0) is 28.0 Å². The van der Waals surface area contributed by atoms with Gasteiger partial charge in [0.2, 0.25) is 10.0 Å². The number of carboxylic acid groups (broad SMARTS) is 1. The Kier molecular flexibility index (Phi) is 8.58. The van der Waals surface area contributed by atoms with Crippen molar-refractivity contribution in [3.05, 3.63) is 120 Å². The number of aromatic nitrogens is 3. The molecule has 0 unspecified atom stereocenters. The van der Waals surface area contributed by atoms with Crippen molar-refractivity contribution in [2.75, 3.05) is 11.0 Å². The average Bonchev–Trinajstić information content (AvgIpc) is 3.44. The average molecular weight is 661 g/mol. The molecule has 1 saturated carbocycles. The zero-order valence-corrected chi connectivity index (χ0v) is 27.4. The minimum Gasteiger partial charge on any atom is -0.487 e. The van der Waals surface area contributed by atoms with E-state index in [-0.39, 0.29) is 5.92 Å². The van der Waals surface area contributed by atoms with Crippen LogP contribution in [0.5, 0.6) is 5.75 Å². The van der Waals surface area contributed by atoms with Crippen molar-refractivity contribution in [2.45, 2.75) is 44.8 Å². The first-order chi connectivity index (χ1) is 23.2. The topological polar surface area (TPSA) is 123 Å². The number of fused-ring (bicyclic) bond motifs is 2. The van der Waals surface area contributed by atoms with Crippen LogP contribution in [-0.4, -0.2) is 40.3 Å². The number of anilines is 1. The third-order valence-corrected chi connectivity index (χ3v) is 9.60. The number of benzene rings is 4. The number of pyridine rings is 1. The molecule has 0 saturated heterocycles. The summed E-state index contributed by atoms with van der Waals surface area (Å²) in [6.45, 7) is 0.823. The molecule has 0 bridgehead atoms. The van der Waals surface area contributed by atoms with E-state index in [4.69, 9.17) is 14.7 Å². The van der Waals surface area contributed by atoms with E-state index in [0.29, 0.717) is 31.0 Å². The van der Waals surface area contributed by atoms with Gasteiger partial charge < -0.3 is 14.4 Å². The third-order valence-electron chi connectivity index (χ3n) is 9.00. The molecule has 10 heteroatoms. The van der Waals surface area contributed by atoms with E-state index in [1.54, 1.807) is 12.1 Å². The molecule has 2 N–H and O–H groups in total. The van der Waals surface area contributed by atoms with E-state index < -0.39 is 21.9 Å². The van der Waals surface area contributed by atoms with Gasteiger partial charge in [-0.25, -0.2) is 18.4 Å². The number of ether oxygens (including phenoxy) is 1. The smallest absolute Gasteiger partial charge is 0.307 e. The van der Waals surface area contributed by atoms with Crippen LogP contribution in [0, 0.1) is 5.92 Å². The molecule has 6 aromatic rings. The highest BCUT2D eigenvalue weighted by Crippen LogP contribution is 2.39. The minimum absolute atomic E-state index is 0.201. The predicted molar refractivity (Wildman–Crippen MR) is 188 cm³/mol. The molecule has 7 rings (SSSR count). The summed E-state index contributed by atoms with van der Waals surface area (Å²) in [4.78, 5) is 22.2. The zero-order valence-electron chi connectivity index (χ0n) is 26.5. The van der Waals surface area contributed by atoms with Crippen LogP contribution in [0.15, 0.2) is 103 Å². The van der Waals surface area contributed by atoms with Gasteiger partial charge >= 0.3 is 5.97 Å². The summed E-state index contributed by atoms with van der Waals surface area (Å²) in [6.07, 6.45) is 4.39. The van der Waals surface area contributed by atoms with E-state index in [9.17, 15) is 18.3 Å². The number of rotatable bonds is 10. The van der Waals surface area contributed by atoms with Gasteiger partial charge in [0.25, 0.3) is 0 Å². The second-order valence-corrected chi connectivity index (χ2v) is 14.2. The molecule has 1 fully saturated rings. The first-order valence-corrected chi connectivity index (χ1v) is 18.0. The van der Waals surface area contributed by atoms with E-state index in [2.05, 4.69) is 21.4 Å². The number of nitrogens with one attached hydrogen (secondary N) is 1. The van der Waals surface area contributed by atoms with Crippen LogP contribution in [0.25, 0.3) is 33.1 Å². The maximum Gasteiger partial charge on any atom is 0.307 e. The van der Waals surface area contributed by atoms with Gasteiger partial charge in [-0.1, -0.05) is 67.4 Å². The SMILES string of the molecule is CS(=O)(=O)Nc1ccc(-c2cccc(Cn3c([C@@H]4CCCC[C@@H]4C(=O)O)nc4cc(OCc5ccc6ccccc6n5)ccc43)c2)cc1. The lowest BCUT2D eigenvalue weighted by Crippen LogP contribution is -2.27. The molecule has 4 aromatic carbocycles. The summed E-state index contributed by atoms with van der Waals surface area (Å²) in [5.74, 6) is -0.0155. The zero-order chi connectivity index (χ0) is 33.3. The molecular weight excluding hydrogens is 625 g/mol. The van der Waals surface area contributed by atoms with Gasteiger partial charge in [-0.3, -0.25) is 9.52 Å². The highest BCUT2D eigenvalue weighted by molar-refractivity contribution is 7.92. The second-order valence-electron chi connectivity index (χ2n) is 12.5. The molecular formula is C38H36N4O5S. The molecule has 0 aliphatic heterocycles. The quantitative estimate of drug-likeness (QED) is 0.155. The monoisotopic (exact) mass is 660 g/mol. The molecule has 2 heterocycles. The van der Waals surface area contributed by atoms with Gasteiger partial charge in [0.1, 0.15) is 18.2 Å². The molecule has 48 heavy (non-hydrogen) atoms. The van der Waals surface area contributed by atoms with Crippen molar-refractivity contribution in [3.8, 4) is 16.9 Å². The standard InChI is InChI=1S/C38H36N4O5S/c1-48(45,46)41-29-16-13-26(14-17-29)28-9-6-7-25(21-28)23-42-36-20-19-31(47-24-30-18-15-27-8-2-5-12-34(27)39-30)22-35(36)40-37(42)32-10-3-4-11-33(32)38(43)44/h2,5-9,12-22,32-33,41H,3-4,10-11,23-24H2,1H3,(H,43,44)/t32-,33+/m1/s1. The number of carboxylic acids is 1. The molecule has 2 aromatic heterocycles. The van der Waals surface area contributed by atoms with Gasteiger partial charge in [0.15, 0.2) is 0 Å². The number of hydrogen-bond acceptors (Lipinski definition) is 6. The Bertz CT molecular complexity index is 2230. The van der Waals surface area contributed by atoms with Crippen LogP contribution in [0.2, 0.25) is 0 Å². The maximum absolute atomic E-state index is 12.4. The maximum atomic E-state index is 12.4. The number of nitrogens with zero attached hydrogens (tertiary/aromatic N) is 3. The number of para-hydroxylation sites is 1. The van der Waals surface area contributed by atoms with E-state index in [1.807, 2.05) is 78.9 Å². The van der Waals surface area contributed by atoms with Gasteiger partial charge in [-0.2, -0.15) is 0 Å². The number of aliphatic carboxylic acids is 1. The minimum atomic E-state index is -3.36. The third kappa shape index (κ3) is 6.89. The predicted octanol–water partition coefficient (Wildman–Crippen LogP) is 7.61.